The van der Waals surface area contributed by atoms with Crippen LogP contribution < -0.4 is 5.01 Å². The number of hydrazone groups is 1. The number of benzene rings is 2. The summed E-state index contributed by atoms with van der Waals surface area (Å²) in [6, 6.07) is 13.4. The summed E-state index contributed by atoms with van der Waals surface area (Å²) in [5.74, 6) is 0. The number of rotatable bonds is 5. The van der Waals surface area contributed by atoms with Gasteiger partial charge in [-0.25, -0.2) is 13.4 Å². The molecule has 0 saturated heterocycles. The third kappa shape index (κ3) is 4.97. The van der Waals surface area contributed by atoms with Crippen LogP contribution in [0.15, 0.2) is 77.0 Å². The van der Waals surface area contributed by atoms with E-state index in [-0.39, 0.29) is 21.3 Å². The van der Waals surface area contributed by atoms with Crippen LogP contribution >= 0.6 is 11.6 Å². The Labute approximate surface area is 218 Å². The average Bonchev–Trinajstić information content (AvgIpc) is 3.27. The summed E-state index contributed by atoms with van der Waals surface area (Å²) < 4.78 is 105. The first-order chi connectivity index (χ1) is 17.5. The number of halogens is 7. The monoisotopic (exact) mass is 577 g/mol. The lowest BCUT2D eigenvalue weighted by Gasteiger charge is -2.32. The van der Waals surface area contributed by atoms with Crippen LogP contribution in [0.25, 0.3) is 11.1 Å². The van der Waals surface area contributed by atoms with Crippen molar-refractivity contribution in [3.8, 4) is 11.1 Å². The van der Waals surface area contributed by atoms with Crippen molar-refractivity contribution in [3.05, 3.63) is 77.4 Å². The SMILES string of the molecule is CS(=O)(=O)c1ccc(-c2ccc(N3N=C(C(O)(C(F)(F)F)C(F)(F)F)CC3c3ccccc3Cl)cc2)cn1. The molecule has 0 saturated carbocycles. The Morgan fingerprint density at radius 3 is 2.00 bits per heavy atom. The van der Waals surface area contributed by atoms with E-state index in [4.69, 9.17) is 11.6 Å². The summed E-state index contributed by atoms with van der Waals surface area (Å²) in [6.45, 7) is 0. The smallest absolute Gasteiger partial charge is 0.369 e. The molecule has 0 spiro atoms. The molecule has 1 N–H and O–H groups in total. The first kappa shape index (κ1) is 27.9. The van der Waals surface area contributed by atoms with Gasteiger partial charge in [-0.2, -0.15) is 31.4 Å². The fourth-order valence-electron chi connectivity index (χ4n) is 4.02. The predicted octanol–water partition coefficient (Wildman–Crippen LogP) is 5.97. The Morgan fingerprint density at radius 2 is 1.50 bits per heavy atom. The van der Waals surface area contributed by atoms with Gasteiger partial charge in [0, 0.05) is 29.5 Å². The highest BCUT2D eigenvalue weighted by Crippen LogP contribution is 2.49. The molecule has 1 aliphatic rings. The normalized spacial score (nSPS) is 17.0. The fourth-order valence-corrected chi connectivity index (χ4v) is 4.84. The molecule has 38 heavy (non-hydrogen) atoms. The minimum Gasteiger partial charge on any atom is -0.369 e. The second kappa shape index (κ2) is 9.54. The average molecular weight is 578 g/mol. The Balaban J connectivity index is 1.77. The van der Waals surface area contributed by atoms with E-state index in [2.05, 4.69) is 10.1 Å². The van der Waals surface area contributed by atoms with E-state index in [1.54, 1.807) is 6.07 Å². The number of anilines is 1. The van der Waals surface area contributed by atoms with Crippen LogP contribution in [-0.4, -0.2) is 48.4 Å². The minimum absolute atomic E-state index is 0.0927. The highest BCUT2D eigenvalue weighted by Gasteiger charge is 2.74. The summed E-state index contributed by atoms with van der Waals surface area (Å²) in [4.78, 5) is 3.89. The van der Waals surface area contributed by atoms with Crippen LogP contribution in [0.5, 0.6) is 0 Å². The van der Waals surface area contributed by atoms with E-state index < -0.39 is 46.0 Å². The van der Waals surface area contributed by atoms with Crippen molar-refractivity contribution >= 4 is 32.8 Å². The van der Waals surface area contributed by atoms with E-state index >= 15 is 0 Å². The van der Waals surface area contributed by atoms with Crippen LogP contribution in [0.1, 0.15) is 18.0 Å². The minimum atomic E-state index is -6.08. The van der Waals surface area contributed by atoms with E-state index in [1.165, 1.54) is 60.8 Å². The number of pyridine rings is 1. The molecule has 0 bridgehead atoms. The van der Waals surface area contributed by atoms with Gasteiger partial charge in [-0.1, -0.05) is 41.9 Å². The predicted molar refractivity (Wildman–Crippen MR) is 129 cm³/mol. The standard InChI is InChI=1S/C24H18ClF6N3O3S/c1-38(36,37)21-11-8-15(13-32-21)14-6-9-16(10-7-14)34-19(17-4-2-3-5-18(17)25)12-20(33-34)22(35,23(26,27)28)24(29,30)31/h2-11,13,19,35H,12H2,1H3. The maximum Gasteiger partial charge on any atom is 0.431 e. The zero-order chi connectivity index (χ0) is 28.1. The van der Waals surface area contributed by atoms with Crippen molar-refractivity contribution in [2.24, 2.45) is 5.10 Å². The second-order valence-electron chi connectivity index (χ2n) is 8.54. The quantitative estimate of drug-likeness (QED) is 0.378. The maximum atomic E-state index is 13.6. The van der Waals surface area contributed by atoms with Crippen molar-refractivity contribution in [3.63, 3.8) is 0 Å². The highest BCUT2D eigenvalue weighted by atomic mass is 35.5. The Bertz CT molecular complexity index is 1460. The molecule has 0 amide bonds. The molecule has 1 atom stereocenters. The molecule has 4 rings (SSSR count). The van der Waals surface area contributed by atoms with Gasteiger partial charge in [0.05, 0.1) is 17.4 Å². The van der Waals surface area contributed by atoms with Crippen molar-refractivity contribution in [2.45, 2.75) is 35.4 Å². The third-order valence-corrected chi connectivity index (χ3v) is 7.34. The molecule has 1 aromatic heterocycles. The summed E-state index contributed by atoms with van der Waals surface area (Å²) in [7, 11) is -3.52. The van der Waals surface area contributed by atoms with Gasteiger partial charge >= 0.3 is 12.4 Å². The maximum absolute atomic E-state index is 13.6. The van der Waals surface area contributed by atoms with Crippen LogP contribution in [-0.2, 0) is 9.84 Å². The van der Waals surface area contributed by atoms with Gasteiger partial charge in [0.1, 0.15) is 0 Å². The van der Waals surface area contributed by atoms with Gasteiger partial charge in [-0.15, -0.1) is 0 Å². The summed E-state index contributed by atoms with van der Waals surface area (Å²) in [5, 5.41) is 14.5. The van der Waals surface area contributed by atoms with Crippen molar-refractivity contribution in [2.75, 3.05) is 11.3 Å². The second-order valence-corrected chi connectivity index (χ2v) is 10.9. The number of nitrogens with zero attached hydrogens (tertiary/aromatic N) is 3. The molecule has 14 heteroatoms. The van der Waals surface area contributed by atoms with Crippen LogP contribution in [0, 0.1) is 0 Å². The van der Waals surface area contributed by atoms with Crippen LogP contribution in [0.4, 0.5) is 32.0 Å². The van der Waals surface area contributed by atoms with Gasteiger partial charge in [0.25, 0.3) is 5.60 Å². The van der Waals surface area contributed by atoms with Gasteiger partial charge in [0.15, 0.2) is 14.9 Å². The molecule has 0 radical (unpaired) electrons. The Hall–Kier alpha value is -3.16. The number of alkyl halides is 6. The lowest BCUT2D eigenvalue weighted by Crippen LogP contribution is -2.62. The zero-order valence-electron chi connectivity index (χ0n) is 19.3. The number of hydrogen-bond donors (Lipinski definition) is 1. The van der Waals surface area contributed by atoms with Gasteiger partial charge in [-0.3, -0.25) is 5.01 Å². The molecule has 202 valence electrons. The molecular formula is C24H18ClF6N3O3S. The first-order valence-corrected chi connectivity index (χ1v) is 13.0. The van der Waals surface area contributed by atoms with Crippen molar-refractivity contribution in [1.29, 1.82) is 0 Å². The number of aliphatic hydroxyl groups is 1. The molecule has 0 fully saturated rings. The molecule has 1 unspecified atom stereocenters. The lowest BCUT2D eigenvalue weighted by atomic mass is 9.90. The van der Waals surface area contributed by atoms with E-state index in [1.807, 2.05) is 0 Å². The van der Waals surface area contributed by atoms with E-state index in [0.717, 1.165) is 11.3 Å². The molecule has 6 nitrogen and oxygen atoms in total. The van der Waals surface area contributed by atoms with Gasteiger partial charge in [-0.05, 0) is 41.5 Å². The Kier molecular flexibility index (Phi) is 7.00. The number of hydrogen-bond acceptors (Lipinski definition) is 6. The molecule has 0 aliphatic carbocycles. The molecular weight excluding hydrogens is 560 g/mol. The number of aromatic nitrogens is 1. The highest BCUT2D eigenvalue weighted by molar-refractivity contribution is 7.90. The van der Waals surface area contributed by atoms with Crippen LogP contribution in [0.2, 0.25) is 5.02 Å². The van der Waals surface area contributed by atoms with E-state index in [9.17, 15) is 39.9 Å². The van der Waals surface area contributed by atoms with Crippen molar-refractivity contribution < 1.29 is 39.9 Å². The first-order valence-electron chi connectivity index (χ1n) is 10.8. The largest absolute Gasteiger partial charge is 0.431 e. The molecule has 1 aliphatic heterocycles. The fraction of sp³-hybridized carbons (Fsp3) is 0.250. The van der Waals surface area contributed by atoms with E-state index in [0.29, 0.717) is 11.1 Å². The summed E-state index contributed by atoms with van der Waals surface area (Å²) in [6.07, 6.45) is -10.8. The van der Waals surface area contributed by atoms with Crippen LogP contribution in [0.3, 0.4) is 0 Å². The van der Waals surface area contributed by atoms with Crippen molar-refractivity contribution in [1.82, 2.24) is 4.98 Å². The Morgan fingerprint density at radius 1 is 0.921 bits per heavy atom. The topological polar surface area (TPSA) is 82.9 Å². The molecule has 3 aromatic rings. The summed E-state index contributed by atoms with van der Waals surface area (Å²) >= 11 is 6.21. The van der Waals surface area contributed by atoms with Gasteiger partial charge in [0.2, 0.25) is 0 Å². The molecule has 2 heterocycles. The molecule has 2 aromatic carbocycles. The van der Waals surface area contributed by atoms with Gasteiger partial charge < -0.3 is 5.11 Å². The third-order valence-electron chi connectivity index (χ3n) is 5.99. The zero-order valence-corrected chi connectivity index (χ0v) is 20.9. The lowest BCUT2D eigenvalue weighted by molar-refractivity contribution is -0.338. The summed E-state index contributed by atoms with van der Waals surface area (Å²) in [5.41, 5.74) is -5.29. The number of sulfone groups is 1.